The van der Waals surface area contributed by atoms with Crippen molar-refractivity contribution >= 4 is 18.0 Å². The Bertz CT molecular complexity index is 670. The van der Waals surface area contributed by atoms with Crippen LogP contribution in [0, 0.1) is 5.92 Å². The van der Waals surface area contributed by atoms with Gasteiger partial charge in [0.2, 0.25) is 0 Å². The van der Waals surface area contributed by atoms with Crippen LogP contribution < -0.4 is 5.32 Å². The quantitative estimate of drug-likeness (QED) is 0.631. The number of carbonyl (C=O) groups excluding carboxylic acids is 2. The predicted molar refractivity (Wildman–Crippen MR) is 91.0 cm³/mol. The highest BCUT2D eigenvalue weighted by molar-refractivity contribution is 5.89. The van der Waals surface area contributed by atoms with Crippen molar-refractivity contribution in [2.75, 3.05) is 6.61 Å². The first kappa shape index (κ1) is 20.0. The zero-order valence-corrected chi connectivity index (χ0v) is 14.5. The van der Waals surface area contributed by atoms with Gasteiger partial charge in [-0.15, -0.1) is 0 Å². The molecule has 1 saturated carbocycles. The molecule has 1 aromatic carbocycles. The van der Waals surface area contributed by atoms with E-state index in [4.69, 9.17) is 4.74 Å². The standard InChI is InChI=1S/C19H22F3NO3/c1-13-5-2-3-8-16(13)23-17(24)12-26-18(25)10-9-14-6-4-7-15(11-14)19(20,21)22/h4,6-7,9-11,13,16H,2-3,5,8,12H2,1H3,(H,23,24)/b10-9+/t13-,16+/m0/s1. The number of hydrogen-bond donors (Lipinski definition) is 1. The normalized spacial score (nSPS) is 20.8. The van der Waals surface area contributed by atoms with Gasteiger partial charge in [0.25, 0.3) is 5.91 Å². The van der Waals surface area contributed by atoms with Crippen molar-refractivity contribution in [1.29, 1.82) is 0 Å². The molecule has 1 aromatic rings. The maximum absolute atomic E-state index is 12.6. The molecule has 7 heteroatoms. The average molecular weight is 369 g/mol. The van der Waals surface area contributed by atoms with Crippen molar-refractivity contribution < 1.29 is 27.5 Å². The molecule has 1 amide bonds. The Morgan fingerprint density at radius 2 is 2.00 bits per heavy atom. The van der Waals surface area contributed by atoms with Crippen molar-refractivity contribution in [2.24, 2.45) is 5.92 Å². The van der Waals surface area contributed by atoms with E-state index in [1.54, 1.807) is 0 Å². The van der Waals surface area contributed by atoms with E-state index < -0.39 is 24.3 Å². The van der Waals surface area contributed by atoms with Crippen LogP contribution in [0.15, 0.2) is 30.3 Å². The van der Waals surface area contributed by atoms with Gasteiger partial charge in [0.1, 0.15) is 0 Å². The minimum atomic E-state index is -4.45. The summed E-state index contributed by atoms with van der Waals surface area (Å²) in [5.41, 5.74) is -0.578. The molecule has 2 rings (SSSR count). The van der Waals surface area contributed by atoms with Gasteiger partial charge < -0.3 is 10.1 Å². The first-order chi connectivity index (χ1) is 12.3. The lowest BCUT2D eigenvalue weighted by atomic mass is 9.86. The Hall–Kier alpha value is -2.31. The van der Waals surface area contributed by atoms with Crippen LogP contribution in [0.2, 0.25) is 0 Å². The zero-order chi connectivity index (χ0) is 19.2. The number of rotatable bonds is 5. The number of amides is 1. The Labute approximate surface area is 150 Å². The fourth-order valence-electron chi connectivity index (χ4n) is 2.95. The summed E-state index contributed by atoms with van der Waals surface area (Å²) in [6.07, 6.45) is 1.97. The highest BCUT2D eigenvalue weighted by atomic mass is 19.4. The number of carbonyl (C=O) groups is 2. The topological polar surface area (TPSA) is 55.4 Å². The highest BCUT2D eigenvalue weighted by Gasteiger charge is 2.30. The third-order valence-corrected chi connectivity index (χ3v) is 4.43. The largest absolute Gasteiger partial charge is 0.452 e. The molecule has 0 radical (unpaired) electrons. The number of esters is 1. The summed E-state index contributed by atoms with van der Waals surface area (Å²) in [6.45, 7) is 1.67. The van der Waals surface area contributed by atoms with Crippen LogP contribution in [0.1, 0.15) is 43.7 Å². The van der Waals surface area contributed by atoms with E-state index in [1.165, 1.54) is 18.2 Å². The molecule has 2 atom stereocenters. The summed E-state index contributed by atoms with van der Waals surface area (Å²) in [5, 5.41) is 2.86. The number of hydrogen-bond acceptors (Lipinski definition) is 3. The third kappa shape index (κ3) is 6.20. The smallest absolute Gasteiger partial charge is 0.416 e. The van der Waals surface area contributed by atoms with Crippen molar-refractivity contribution in [3.63, 3.8) is 0 Å². The molecule has 142 valence electrons. The Kier molecular flexibility index (Phi) is 6.83. The summed E-state index contributed by atoms with van der Waals surface area (Å²) in [6, 6.07) is 4.67. The van der Waals surface area contributed by atoms with E-state index in [0.29, 0.717) is 5.92 Å². The van der Waals surface area contributed by atoms with Crippen LogP contribution in [-0.4, -0.2) is 24.5 Å². The minimum Gasteiger partial charge on any atom is -0.452 e. The van der Waals surface area contributed by atoms with Crippen LogP contribution in [0.4, 0.5) is 13.2 Å². The SMILES string of the molecule is C[C@H]1CCCC[C@H]1NC(=O)COC(=O)/C=C/c1cccc(C(F)(F)F)c1. The maximum atomic E-state index is 12.6. The van der Waals surface area contributed by atoms with E-state index in [1.807, 2.05) is 0 Å². The first-order valence-corrected chi connectivity index (χ1v) is 8.57. The number of ether oxygens (including phenoxy) is 1. The Balaban J connectivity index is 1.81. The van der Waals surface area contributed by atoms with E-state index >= 15 is 0 Å². The molecule has 0 saturated heterocycles. The summed E-state index contributed by atoms with van der Waals surface area (Å²) >= 11 is 0. The molecule has 0 heterocycles. The Morgan fingerprint density at radius 1 is 1.27 bits per heavy atom. The predicted octanol–water partition coefficient (Wildman–Crippen LogP) is 3.96. The van der Waals surface area contributed by atoms with Crippen LogP contribution in [-0.2, 0) is 20.5 Å². The molecule has 0 bridgehead atoms. The summed E-state index contributed by atoms with van der Waals surface area (Å²) in [5.74, 6) is -0.761. The van der Waals surface area contributed by atoms with Gasteiger partial charge in [0.05, 0.1) is 5.56 Å². The molecule has 1 fully saturated rings. The second-order valence-corrected chi connectivity index (χ2v) is 6.50. The van der Waals surface area contributed by atoms with Gasteiger partial charge >= 0.3 is 12.1 Å². The van der Waals surface area contributed by atoms with Crippen LogP contribution in [0.5, 0.6) is 0 Å². The van der Waals surface area contributed by atoms with Crippen molar-refractivity contribution in [3.8, 4) is 0 Å². The van der Waals surface area contributed by atoms with Crippen molar-refractivity contribution in [2.45, 2.75) is 44.8 Å². The van der Waals surface area contributed by atoms with Gasteiger partial charge in [0, 0.05) is 12.1 Å². The number of benzene rings is 1. The fraction of sp³-hybridized carbons (Fsp3) is 0.474. The molecular formula is C19H22F3NO3. The lowest BCUT2D eigenvalue weighted by Gasteiger charge is -2.29. The van der Waals surface area contributed by atoms with E-state index in [0.717, 1.165) is 43.9 Å². The zero-order valence-electron chi connectivity index (χ0n) is 14.5. The van der Waals surface area contributed by atoms with Crippen LogP contribution in [0.3, 0.4) is 0 Å². The lowest BCUT2D eigenvalue weighted by molar-refractivity contribution is -0.144. The van der Waals surface area contributed by atoms with E-state index in [9.17, 15) is 22.8 Å². The first-order valence-electron chi connectivity index (χ1n) is 8.57. The second kappa shape index (κ2) is 8.87. The minimum absolute atomic E-state index is 0.0932. The van der Waals surface area contributed by atoms with Crippen molar-refractivity contribution in [3.05, 3.63) is 41.5 Å². The van der Waals surface area contributed by atoms with E-state index in [2.05, 4.69) is 12.2 Å². The van der Waals surface area contributed by atoms with Gasteiger partial charge in [-0.05, 0) is 42.5 Å². The summed E-state index contributed by atoms with van der Waals surface area (Å²) < 4.78 is 42.7. The summed E-state index contributed by atoms with van der Waals surface area (Å²) in [7, 11) is 0. The highest BCUT2D eigenvalue weighted by Crippen LogP contribution is 2.29. The molecule has 1 aliphatic rings. The second-order valence-electron chi connectivity index (χ2n) is 6.50. The van der Waals surface area contributed by atoms with Gasteiger partial charge in [-0.25, -0.2) is 4.79 Å². The molecule has 0 unspecified atom stereocenters. The van der Waals surface area contributed by atoms with Crippen LogP contribution in [0.25, 0.3) is 6.08 Å². The lowest BCUT2D eigenvalue weighted by Crippen LogP contribution is -2.42. The molecule has 1 N–H and O–H groups in total. The van der Waals surface area contributed by atoms with Crippen molar-refractivity contribution in [1.82, 2.24) is 5.32 Å². The monoisotopic (exact) mass is 369 g/mol. The molecule has 4 nitrogen and oxygen atoms in total. The number of halogens is 3. The molecular weight excluding hydrogens is 347 g/mol. The third-order valence-electron chi connectivity index (χ3n) is 4.43. The van der Waals surface area contributed by atoms with Gasteiger partial charge in [-0.3, -0.25) is 4.79 Å². The molecule has 0 aromatic heterocycles. The number of nitrogens with one attached hydrogen (secondary N) is 1. The Morgan fingerprint density at radius 3 is 2.69 bits per heavy atom. The maximum Gasteiger partial charge on any atom is 0.416 e. The average Bonchev–Trinajstić information content (AvgIpc) is 2.60. The molecule has 0 aliphatic heterocycles. The fourth-order valence-corrected chi connectivity index (χ4v) is 2.95. The molecule has 0 spiro atoms. The van der Waals surface area contributed by atoms with E-state index in [-0.39, 0.29) is 17.5 Å². The van der Waals surface area contributed by atoms with Gasteiger partial charge in [-0.1, -0.05) is 31.9 Å². The van der Waals surface area contributed by atoms with Gasteiger partial charge in [-0.2, -0.15) is 13.2 Å². The number of alkyl halides is 3. The summed E-state index contributed by atoms with van der Waals surface area (Å²) in [4.78, 5) is 23.5. The molecule has 26 heavy (non-hydrogen) atoms. The van der Waals surface area contributed by atoms with Gasteiger partial charge in [0.15, 0.2) is 6.61 Å². The molecule has 1 aliphatic carbocycles. The van der Waals surface area contributed by atoms with Crippen LogP contribution >= 0.6 is 0 Å².